The minimum Gasteiger partial charge on any atom is -0.506 e. The maximum atomic E-state index is 12.6. The van der Waals surface area contributed by atoms with Crippen LogP contribution in [0.1, 0.15) is 27.6 Å². The van der Waals surface area contributed by atoms with Crippen LogP contribution in [0.15, 0.2) is 53.5 Å². The van der Waals surface area contributed by atoms with E-state index >= 15 is 0 Å². The second-order valence-electron chi connectivity index (χ2n) is 4.95. The maximum Gasteiger partial charge on any atom is 0.274 e. The summed E-state index contributed by atoms with van der Waals surface area (Å²) in [5, 5.41) is 10.6. The summed E-state index contributed by atoms with van der Waals surface area (Å²) >= 11 is 0. The van der Waals surface area contributed by atoms with Crippen LogP contribution in [0.5, 0.6) is 5.75 Å². The predicted octanol–water partition coefficient (Wildman–Crippen LogP) is 1.99. The van der Waals surface area contributed by atoms with E-state index in [-0.39, 0.29) is 16.6 Å². The highest BCUT2D eigenvalue weighted by molar-refractivity contribution is 6.13. The minimum atomic E-state index is -0.880. The lowest BCUT2D eigenvalue weighted by molar-refractivity contribution is 0.0936. The first-order valence-corrected chi connectivity index (χ1v) is 6.85. The summed E-state index contributed by atoms with van der Waals surface area (Å²) in [4.78, 5) is 41.0. The van der Waals surface area contributed by atoms with Crippen LogP contribution in [-0.2, 0) is 0 Å². The molecule has 114 valence electrons. The van der Waals surface area contributed by atoms with Crippen LogP contribution in [0, 0.1) is 0 Å². The molecule has 2 heterocycles. The van der Waals surface area contributed by atoms with Gasteiger partial charge in [0, 0.05) is 18.7 Å². The van der Waals surface area contributed by atoms with Gasteiger partial charge in [0.2, 0.25) is 11.7 Å². The Labute approximate surface area is 130 Å². The van der Waals surface area contributed by atoms with Gasteiger partial charge >= 0.3 is 0 Å². The molecule has 0 amide bonds. The van der Waals surface area contributed by atoms with Gasteiger partial charge in [0.05, 0.1) is 5.39 Å². The molecule has 0 saturated heterocycles. The minimum absolute atomic E-state index is 0.0205. The topological polar surface area (TPSA) is 89.3 Å². The standard InChI is InChI=1S/C17H12N2O4/c1-10(20)19-16-12(8-5-9-18-16)15(22)13(17(19)23)14(21)11-6-3-2-4-7-11/h2-9,22H,1H3. The maximum absolute atomic E-state index is 12.6. The quantitative estimate of drug-likeness (QED) is 0.731. The molecule has 0 aliphatic carbocycles. The normalized spacial score (nSPS) is 10.7. The van der Waals surface area contributed by atoms with Crippen molar-refractivity contribution in [3.63, 3.8) is 0 Å². The molecule has 0 spiro atoms. The first-order valence-electron chi connectivity index (χ1n) is 6.85. The van der Waals surface area contributed by atoms with Gasteiger partial charge in [-0.15, -0.1) is 0 Å². The SMILES string of the molecule is CC(=O)n1c(=O)c(C(=O)c2ccccc2)c(O)c2cccnc21. The van der Waals surface area contributed by atoms with Crippen LogP contribution >= 0.6 is 0 Å². The Kier molecular flexibility index (Phi) is 3.50. The molecule has 0 fully saturated rings. The van der Waals surface area contributed by atoms with Gasteiger partial charge in [-0.2, -0.15) is 0 Å². The Hall–Kier alpha value is -3.28. The average molecular weight is 308 g/mol. The van der Waals surface area contributed by atoms with E-state index in [9.17, 15) is 19.5 Å². The van der Waals surface area contributed by atoms with E-state index in [2.05, 4.69) is 4.98 Å². The number of pyridine rings is 2. The summed E-state index contributed by atoms with van der Waals surface area (Å²) in [7, 11) is 0. The molecule has 23 heavy (non-hydrogen) atoms. The van der Waals surface area contributed by atoms with Crippen molar-refractivity contribution in [3.05, 3.63) is 70.1 Å². The van der Waals surface area contributed by atoms with E-state index in [1.165, 1.54) is 31.3 Å². The lowest BCUT2D eigenvalue weighted by atomic mass is 10.0. The van der Waals surface area contributed by atoms with Crippen molar-refractivity contribution in [1.29, 1.82) is 0 Å². The van der Waals surface area contributed by atoms with Crippen molar-refractivity contribution in [2.24, 2.45) is 0 Å². The van der Waals surface area contributed by atoms with Crippen LogP contribution in [0.3, 0.4) is 0 Å². The van der Waals surface area contributed by atoms with Crippen molar-refractivity contribution in [3.8, 4) is 5.75 Å². The van der Waals surface area contributed by atoms with Crippen LogP contribution < -0.4 is 5.56 Å². The third kappa shape index (κ3) is 2.30. The van der Waals surface area contributed by atoms with E-state index in [0.29, 0.717) is 0 Å². The number of hydrogen-bond acceptors (Lipinski definition) is 5. The number of rotatable bonds is 2. The highest BCUT2D eigenvalue weighted by atomic mass is 16.3. The molecule has 0 saturated carbocycles. The van der Waals surface area contributed by atoms with E-state index in [4.69, 9.17) is 0 Å². The van der Waals surface area contributed by atoms with Crippen LogP contribution in [0.25, 0.3) is 11.0 Å². The van der Waals surface area contributed by atoms with Gasteiger partial charge in [-0.25, -0.2) is 9.55 Å². The van der Waals surface area contributed by atoms with Crippen LogP contribution in [-0.4, -0.2) is 26.3 Å². The largest absolute Gasteiger partial charge is 0.506 e. The third-order valence-corrected chi connectivity index (χ3v) is 3.49. The molecule has 2 aromatic heterocycles. The Morgan fingerprint density at radius 3 is 2.43 bits per heavy atom. The average Bonchev–Trinajstić information content (AvgIpc) is 2.55. The number of hydrogen-bond donors (Lipinski definition) is 1. The number of nitrogens with zero attached hydrogens (tertiary/aromatic N) is 2. The summed E-state index contributed by atoms with van der Waals surface area (Å²) in [6, 6.07) is 11.1. The van der Waals surface area contributed by atoms with Crippen molar-refractivity contribution in [2.45, 2.75) is 6.92 Å². The zero-order valence-corrected chi connectivity index (χ0v) is 12.2. The summed E-state index contributed by atoms with van der Waals surface area (Å²) in [6.45, 7) is 1.20. The first-order chi connectivity index (χ1) is 11.0. The fourth-order valence-corrected chi connectivity index (χ4v) is 2.43. The van der Waals surface area contributed by atoms with Crippen molar-refractivity contribution < 1.29 is 14.7 Å². The molecule has 0 atom stereocenters. The highest BCUT2D eigenvalue weighted by Crippen LogP contribution is 2.26. The van der Waals surface area contributed by atoms with Gasteiger partial charge in [0.25, 0.3) is 5.56 Å². The third-order valence-electron chi connectivity index (χ3n) is 3.49. The Morgan fingerprint density at radius 2 is 1.78 bits per heavy atom. The second-order valence-corrected chi connectivity index (χ2v) is 4.95. The molecule has 1 aromatic carbocycles. The molecule has 1 N–H and O–H groups in total. The molecule has 3 rings (SSSR count). The molecule has 0 unspecified atom stereocenters. The number of carbonyl (C=O) groups is 2. The molecule has 0 bridgehead atoms. The van der Waals surface area contributed by atoms with Crippen molar-refractivity contribution in [2.75, 3.05) is 0 Å². The number of fused-ring (bicyclic) bond motifs is 1. The van der Waals surface area contributed by atoms with E-state index in [1.54, 1.807) is 24.3 Å². The zero-order chi connectivity index (χ0) is 16.6. The summed E-state index contributed by atoms with van der Waals surface area (Å²) in [5.41, 5.74) is -1.05. The summed E-state index contributed by atoms with van der Waals surface area (Å²) < 4.78 is 0.797. The summed E-state index contributed by atoms with van der Waals surface area (Å²) in [5.74, 6) is -1.70. The fourth-order valence-electron chi connectivity index (χ4n) is 2.43. The zero-order valence-electron chi connectivity index (χ0n) is 12.2. The molecular weight excluding hydrogens is 296 g/mol. The van der Waals surface area contributed by atoms with Gasteiger partial charge in [-0.3, -0.25) is 14.4 Å². The number of aromatic hydroxyl groups is 1. The lowest BCUT2D eigenvalue weighted by Gasteiger charge is -2.11. The number of benzene rings is 1. The Morgan fingerprint density at radius 1 is 1.09 bits per heavy atom. The molecule has 3 aromatic rings. The second kappa shape index (κ2) is 5.49. The van der Waals surface area contributed by atoms with Gasteiger partial charge in [0.15, 0.2) is 5.65 Å². The molecule has 0 aliphatic heterocycles. The molecule has 0 aliphatic rings. The van der Waals surface area contributed by atoms with Gasteiger partial charge in [0.1, 0.15) is 11.3 Å². The molecule has 6 heteroatoms. The Balaban J connectivity index is 2.41. The van der Waals surface area contributed by atoms with Gasteiger partial charge < -0.3 is 5.11 Å². The van der Waals surface area contributed by atoms with E-state index in [0.717, 1.165) is 4.57 Å². The smallest absolute Gasteiger partial charge is 0.274 e. The number of carbonyl (C=O) groups excluding carboxylic acids is 2. The Bertz CT molecular complexity index is 991. The van der Waals surface area contributed by atoms with E-state index < -0.39 is 28.6 Å². The fraction of sp³-hybridized carbons (Fsp3) is 0.0588. The molecule has 6 nitrogen and oxygen atoms in total. The van der Waals surface area contributed by atoms with E-state index in [1.807, 2.05) is 0 Å². The highest BCUT2D eigenvalue weighted by Gasteiger charge is 2.24. The van der Waals surface area contributed by atoms with Crippen LogP contribution in [0.4, 0.5) is 0 Å². The van der Waals surface area contributed by atoms with Crippen molar-refractivity contribution >= 4 is 22.7 Å². The number of aromatic nitrogens is 2. The summed E-state index contributed by atoms with van der Waals surface area (Å²) in [6.07, 6.45) is 1.40. The predicted molar refractivity (Wildman–Crippen MR) is 83.8 cm³/mol. The van der Waals surface area contributed by atoms with Crippen LogP contribution in [0.2, 0.25) is 0 Å². The lowest BCUT2D eigenvalue weighted by Crippen LogP contribution is -2.31. The van der Waals surface area contributed by atoms with Gasteiger partial charge in [-0.1, -0.05) is 30.3 Å². The number of ketones is 1. The van der Waals surface area contributed by atoms with Crippen molar-refractivity contribution in [1.82, 2.24) is 9.55 Å². The first kappa shape index (κ1) is 14.6. The van der Waals surface area contributed by atoms with Gasteiger partial charge in [-0.05, 0) is 12.1 Å². The monoisotopic (exact) mass is 308 g/mol. The molecular formula is C17H12N2O4. The molecule has 0 radical (unpaired) electrons.